The van der Waals surface area contributed by atoms with Crippen LogP contribution >= 0.6 is 11.8 Å². The Morgan fingerprint density at radius 1 is 1.69 bits per heavy atom. The van der Waals surface area contributed by atoms with E-state index in [1.165, 1.54) is 16.7 Å². The van der Waals surface area contributed by atoms with E-state index in [1.54, 1.807) is 5.41 Å². The molecule has 13 heavy (non-hydrogen) atoms. The molecule has 0 aromatic rings. The van der Waals surface area contributed by atoms with Crippen molar-refractivity contribution in [2.24, 2.45) is 5.41 Å². The zero-order chi connectivity index (χ0) is 9.80. The Hall–Kier alpha value is -0.970. The minimum absolute atomic E-state index is 0.0221. The van der Waals surface area contributed by atoms with Gasteiger partial charge in [0, 0.05) is 5.41 Å². The number of nitrogens with zero attached hydrogens (tertiary/aromatic N) is 1. The van der Waals surface area contributed by atoms with Gasteiger partial charge in [0.15, 0.2) is 0 Å². The van der Waals surface area contributed by atoms with E-state index in [0.29, 0.717) is 0 Å². The van der Waals surface area contributed by atoms with Crippen molar-refractivity contribution in [1.82, 2.24) is 4.90 Å². The van der Waals surface area contributed by atoms with E-state index < -0.39 is 11.4 Å². The van der Waals surface area contributed by atoms with Crippen LogP contribution < -0.4 is 0 Å². The van der Waals surface area contributed by atoms with Crippen LogP contribution in [0.1, 0.15) is 13.8 Å². The first kappa shape index (κ1) is 8.62. The Morgan fingerprint density at radius 2 is 2.31 bits per heavy atom. The van der Waals surface area contributed by atoms with Crippen molar-refractivity contribution in [3.63, 3.8) is 0 Å². The maximum Gasteiger partial charge on any atom is 0.353 e. The first-order chi connectivity index (χ1) is 5.96. The highest BCUT2D eigenvalue weighted by Gasteiger charge is 2.59. The molecule has 0 radical (unpaired) electrons. The second-order valence-corrected chi connectivity index (χ2v) is 4.65. The maximum atomic E-state index is 11.5. The van der Waals surface area contributed by atoms with Crippen molar-refractivity contribution >= 4 is 23.6 Å². The van der Waals surface area contributed by atoms with E-state index in [1.807, 2.05) is 13.8 Å². The van der Waals surface area contributed by atoms with Crippen LogP contribution in [0.4, 0.5) is 0 Å². The molecule has 2 heterocycles. The summed E-state index contributed by atoms with van der Waals surface area (Å²) in [6.45, 7) is 3.67. The highest BCUT2D eigenvalue weighted by molar-refractivity contribution is 8.03. The lowest BCUT2D eigenvalue weighted by molar-refractivity contribution is -0.159. The Morgan fingerprint density at radius 3 is 2.85 bits per heavy atom. The molecule has 1 amide bonds. The Bertz CT molecular complexity index is 334. The molecule has 0 aromatic heterocycles. The standard InChI is InChI=1S/C8H9NO3S/c1-8(2)6(12)9-4(5(10)11)3-13-7(8)9/h3,7H,1-2H3,(H,10,11)/t7-/m1/s1. The molecule has 0 unspecified atom stereocenters. The highest BCUT2D eigenvalue weighted by Crippen LogP contribution is 2.51. The number of carboxylic acids is 1. The number of rotatable bonds is 1. The van der Waals surface area contributed by atoms with Crippen molar-refractivity contribution in [3.05, 3.63) is 11.1 Å². The molecular weight excluding hydrogens is 190 g/mol. The van der Waals surface area contributed by atoms with Gasteiger partial charge in [-0.3, -0.25) is 9.69 Å². The van der Waals surface area contributed by atoms with Crippen molar-refractivity contribution in [2.45, 2.75) is 19.2 Å². The van der Waals surface area contributed by atoms with Crippen LogP contribution in [0.5, 0.6) is 0 Å². The average molecular weight is 199 g/mol. The molecule has 2 rings (SSSR count). The van der Waals surface area contributed by atoms with Crippen LogP contribution in [-0.2, 0) is 9.59 Å². The Labute approximate surface area is 79.6 Å². The molecule has 2 aliphatic rings. The normalized spacial score (nSPS) is 29.4. The molecule has 1 atom stereocenters. The molecule has 1 N–H and O–H groups in total. The SMILES string of the molecule is CC1(C)C(=O)N2C(C(=O)O)=CS[C@@H]21. The topological polar surface area (TPSA) is 57.6 Å². The number of hydrogen-bond acceptors (Lipinski definition) is 3. The molecule has 70 valence electrons. The van der Waals surface area contributed by atoms with Gasteiger partial charge in [-0.25, -0.2) is 4.79 Å². The third-order valence-corrected chi connectivity index (χ3v) is 3.83. The van der Waals surface area contributed by atoms with E-state index in [-0.39, 0.29) is 17.0 Å². The number of amides is 1. The summed E-state index contributed by atoms with van der Waals surface area (Å²) in [7, 11) is 0. The number of β-lactam (4-membered cyclic amide) rings is 1. The average Bonchev–Trinajstić information content (AvgIpc) is 2.45. The van der Waals surface area contributed by atoms with Crippen LogP contribution in [0, 0.1) is 5.41 Å². The van der Waals surface area contributed by atoms with Crippen LogP contribution in [0.2, 0.25) is 0 Å². The molecule has 4 nitrogen and oxygen atoms in total. The van der Waals surface area contributed by atoms with E-state index in [4.69, 9.17) is 5.11 Å². The summed E-state index contributed by atoms with van der Waals surface area (Å²) < 4.78 is 0. The van der Waals surface area contributed by atoms with Gasteiger partial charge in [-0.2, -0.15) is 0 Å². The molecular formula is C8H9NO3S. The highest BCUT2D eigenvalue weighted by atomic mass is 32.2. The van der Waals surface area contributed by atoms with Gasteiger partial charge in [-0.15, -0.1) is 11.8 Å². The molecule has 5 heteroatoms. The third-order valence-electron chi connectivity index (χ3n) is 2.41. The summed E-state index contributed by atoms with van der Waals surface area (Å²) in [5.74, 6) is -1.13. The van der Waals surface area contributed by atoms with Gasteiger partial charge in [0.05, 0.1) is 5.41 Å². The van der Waals surface area contributed by atoms with Crippen LogP contribution in [0.25, 0.3) is 0 Å². The van der Waals surface area contributed by atoms with Crippen LogP contribution in [0.15, 0.2) is 11.1 Å². The zero-order valence-corrected chi connectivity index (χ0v) is 8.09. The molecule has 1 fully saturated rings. The van der Waals surface area contributed by atoms with E-state index in [0.717, 1.165) is 0 Å². The number of aliphatic carboxylic acids is 1. The van der Waals surface area contributed by atoms with Gasteiger partial charge < -0.3 is 5.11 Å². The monoisotopic (exact) mass is 199 g/mol. The second-order valence-electron chi connectivity index (χ2n) is 3.69. The number of thioether (sulfide) groups is 1. The number of carboxylic acid groups (broad SMARTS) is 1. The fourth-order valence-electron chi connectivity index (χ4n) is 1.58. The van der Waals surface area contributed by atoms with Gasteiger partial charge >= 0.3 is 5.97 Å². The smallest absolute Gasteiger partial charge is 0.353 e. The largest absolute Gasteiger partial charge is 0.477 e. The summed E-state index contributed by atoms with van der Waals surface area (Å²) in [6.07, 6.45) is 0. The van der Waals surface area contributed by atoms with Crippen molar-refractivity contribution in [1.29, 1.82) is 0 Å². The number of fused-ring (bicyclic) bond motifs is 1. The molecule has 0 saturated carbocycles. The first-order valence-electron chi connectivity index (χ1n) is 3.89. The summed E-state index contributed by atoms with van der Waals surface area (Å²) in [5.41, 5.74) is -0.308. The van der Waals surface area contributed by atoms with Gasteiger partial charge in [-0.1, -0.05) is 0 Å². The predicted octanol–water partition coefficient (Wildman–Crippen LogP) is 0.854. The zero-order valence-electron chi connectivity index (χ0n) is 7.27. The third kappa shape index (κ3) is 0.877. The van der Waals surface area contributed by atoms with Crippen molar-refractivity contribution in [3.8, 4) is 0 Å². The molecule has 0 spiro atoms. The van der Waals surface area contributed by atoms with Crippen LogP contribution in [-0.4, -0.2) is 27.3 Å². The first-order valence-corrected chi connectivity index (χ1v) is 4.83. The van der Waals surface area contributed by atoms with Gasteiger partial charge in [-0.05, 0) is 13.8 Å². The van der Waals surface area contributed by atoms with Crippen molar-refractivity contribution < 1.29 is 14.7 Å². The fourth-order valence-corrected chi connectivity index (χ4v) is 2.83. The quantitative estimate of drug-likeness (QED) is 0.636. The maximum absolute atomic E-state index is 11.5. The van der Waals surface area contributed by atoms with E-state index in [2.05, 4.69) is 0 Å². The van der Waals surface area contributed by atoms with E-state index >= 15 is 0 Å². The fraction of sp³-hybridized carbons (Fsp3) is 0.500. The minimum atomic E-state index is -1.03. The lowest BCUT2D eigenvalue weighted by Crippen LogP contribution is -2.62. The molecule has 2 aliphatic heterocycles. The van der Waals surface area contributed by atoms with E-state index in [9.17, 15) is 9.59 Å². The number of carbonyl (C=O) groups excluding carboxylic acids is 1. The summed E-state index contributed by atoms with van der Waals surface area (Å²) in [6, 6.07) is 0. The number of carbonyl (C=O) groups is 2. The minimum Gasteiger partial charge on any atom is -0.477 e. The number of hydrogen-bond donors (Lipinski definition) is 1. The second kappa shape index (κ2) is 2.29. The Balaban J connectivity index is 2.28. The Kier molecular flexibility index (Phi) is 1.52. The molecule has 1 saturated heterocycles. The van der Waals surface area contributed by atoms with Gasteiger partial charge in [0.25, 0.3) is 0 Å². The summed E-state index contributed by atoms with van der Waals surface area (Å²) in [5, 5.41) is 10.3. The van der Waals surface area contributed by atoms with Gasteiger partial charge in [0.1, 0.15) is 11.1 Å². The van der Waals surface area contributed by atoms with Gasteiger partial charge in [0.2, 0.25) is 5.91 Å². The summed E-state index contributed by atoms with van der Waals surface area (Å²) in [4.78, 5) is 23.5. The molecule has 0 aromatic carbocycles. The molecule has 0 bridgehead atoms. The predicted molar refractivity (Wildman–Crippen MR) is 47.7 cm³/mol. The van der Waals surface area contributed by atoms with Crippen LogP contribution in [0.3, 0.4) is 0 Å². The molecule has 0 aliphatic carbocycles. The van der Waals surface area contributed by atoms with Crippen molar-refractivity contribution in [2.75, 3.05) is 0 Å². The lowest BCUT2D eigenvalue weighted by atomic mass is 9.82. The lowest BCUT2D eigenvalue weighted by Gasteiger charge is -2.48. The summed E-state index contributed by atoms with van der Waals surface area (Å²) >= 11 is 1.40.